The molecule has 8 nitrogen and oxygen atoms in total. The lowest BCUT2D eigenvalue weighted by molar-refractivity contribution is -0.116. The van der Waals surface area contributed by atoms with E-state index >= 15 is 0 Å². The van der Waals surface area contributed by atoms with E-state index in [1.54, 1.807) is 32.0 Å². The van der Waals surface area contributed by atoms with E-state index in [2.05, 4.69) is 5.32 Å². The molecule has 182 valence electrons. The minimum absolute atomic E-state index is 0.121. The van der Waals surface area contributed by atoms with Gasteiger partial charge in [0, 0.05) is 31.7 Å². The number of aryl methyl sites for hydroxylation is 1. The minimum atomic E-state index is -3.56. The Bertz CT molecular complexity index is 1170. The quantitative estimate of drug-likeness (QED) is 0.514. The van der Waals surface area contributed by atoms with Gasteiger partial charge in [-0.2, -0.15) is 4.31 Å². The first-order valence-corrected chi connectivity index (χ1v) is 14.1. The fourth-order valence-corrected chi connectivity index (χ4v) is 5.97. The van der Waals surface area contributed by atoms with Crippen molar-refractivity contribution in [1.29, 1.82) is 0 Å². The summed E-state index contributed by atoms with van der Waals surface area (Å²) in [4.78, 5) is 12.5. The molecule has 0 atom stereocenters. The highest BCUT2D eigenvalue weighted by molar-refractivity contribution is 7.92. The maximum absolute atomic E-state index is 12.6. The number of carbonyl (C=O) groups excluding carboxylic acids is 1. The van der Waals surface area contributed by atoms with Crippen LogP contribution in [0.25, 0.3) is 0 Å². The van der Waals surface area contributed by atoms with Crippen LogP contribution in [-0.2, 0) is 24.8 Å². The highest BCUT2D eigenvalue weighted by Crippen LogP contribution is 2.25. The predicted octanol–water partition coefficient (Wildman–Crippen LogP) is 3.52. The summed E-state index contributed by atoms with van der Waals surface area (Å²) in [6.45, 7) is 8.29. The molecule has 0 aromatic heterocycles. The molecular formula is C23H33N3O5S2. The smallest absolute Gasteiger partial charge is 0.243 e. The lowest BCUT2D eigenvalue weighted by atomic mass is 10.1. The van der Waals surface area contributed by atoms with Gasteiger partial charge in [-0.05, 0) is 61.7 Å². The van der Waals surface area contributed by atoms with Crippen molar-refractivity contribution >= 4 is 37.3 Å². The molecule has 10 heteroatoms. The molecule has 2 aromatic rings. The second kappa shape index (κ2) is 11.1. The molecule has 1 amide bonds. The summed E-state index contributed by atoms with van der Waals surface area (Å²) in [7, 11) is -7.06. The Balaban J connectivity index is 2.01. The summed E-state index contributed by atoms with van der Waals surface area (Å²) in [5.74, 6) is -0.274. The lowest BCUT2D eigenvalue weighted by Gasteiger charge is -2.25. The number of hydrogen-bond donors (Lipinski definition) is 1. The minimum Gasteiger partial charge on any atom is -0.326 e. The van der Waals surface area contributed by atoms with Crippen molar-refractivity contribution in [3.8, 4) is 0 Å². The SMILES string of the molecule is CCN(CC)S(=O)(=O)c1ccc(NC(=O)CCCN(c2cccc(C)c2C)S(C)(=O)=O)cc1. The summed E-state index contributed by atoms with van der Waals surface area (Å²) in [6, 6.07) is 11.5. The molecule has 0 fully saturated rings. The molecule has 0 aliphatic heterocycles. The molecule has 0 saturated heterocycles. The zero-order valence-corrected chi connectivity index (χ0v) is 21.5. The second-order valence-electron chi connectivity index (χ2n) is 7.82. The van der Waals surface area contributed by atoms with Crippen LogP contribution >= 0.6 is 0 Å². The zero-order valence-electron chi connectivity index (χ0n) is 19.8. The number of amides is 1. The van der Waals surface area contributed by atoms with Crippen molar-refractivity contribution in [2.75, 3.05) is 35.5 Å². The standard InChI is InChI=1S/C23H33N3O5S2/c1-6-25(7-2)33(30,31)21-15-13-20(14-16-21)24-23(27)12-9-17-26(32(5,28)29)22-11-8-10-18(3)19(22)4/h8,10-11,13-16H,6-7,9,12,17H2,1-5H3,(H,24,27). The van der Waals surface area contributed by atoms with Gasteiger partial charge < -0.3 is 5.32 Å². The molecule has 2 rings (SSSR count). The summed E-state index contributed by atoms with van der Waals surface area (Å²) < 4.78 is 52.5. The zero-order chi connectivity index (χ0) is 24.8. The Morgan fingerprint density at radius 3 is 2.09 bits per heavy atom. The molecule has 2 aromatic carbocycles. The fraction of sp³-hybridized carbons (Fsp3) is 0.435. The van der Waals surface area contributed by atoms with Gasteiger partial charge in [0.15, 0.2) is 0 Å². The van der Waals surface area contributed by atoms with Crippen LogP contribution in [0.15, 0.2) is 47.4 Å². The van der Waals surface area contributed by atoms with Crippen LogP contribution in [0.3, 0.4) is 0 Å². The van der Waals surface area contributed by atoms with Crippen LogP contribution in [0, 0.1) is 13.8 Å². The molecule has 0 saturated carbocycles. The number of nitrogens with zero attached hydrogens (tertiary/aromatic N) is 2. The number of hydrogen-bond acceptors (Lipinski definition) is 5. The Morgan fingerprint density at radius 1 is 0.939 bits per heavy atom. The molecule has 33 heavy (non-hydrogen) atoms. The molecule has 0 heterocycles. The fourth-order valence-electron chi connectivity index (χ4n) is 3.50. The summed E-state index contributed by atoms with van der Waals surface area (Å²) in [5, 5.41) is 2.74. The van der Waals surface area contributed by atoms with Gasteiger partial charge in [0.1, 0.15) is 0 Å². The number of anilines is 2. The topological polar surface area (TPSA) is 104 Å². The molecule has 0 radical (unpaired) electrons. The summed E-state index contributed by atoms with van der Waals surface area (Å²) in [5.41, 5.74) is 2.97. The van der Waals surface area contributed by atoms with E-state index in [0.717, 1.165) is 17.4 Å². The van der Waals surface area contributed by atoms with Crippen molar-refractivity contribution in [1.82, 2.24) is 4.31 Å². The highest BCUT2D eigenvalue weighted by atomic mass is 32.2. The van der Waals surface area contributed by atoms with Gasteiger partial charge in [-0.25, -0.2) is 16.8 Å². The van der Waals surface area contributed by atoms with Crippen molar-refractivity contribution in [3.63, 3.8) is 0 Å². The average molecular weight is 496 g/mol. The average Bonchev–Trinajstić information content (AvgIpc) is 2.74. The summed E-state index contributed by atoms with van der Waals surface area (Å²) >= 11 is 0. The van der Waals surface area contributed by atoms with E-state index in [-0.39, 0.29) is 23.8 Å². The summed E-state index contributed by atoms with van der Waals surface area (Å²) in [6.07, 6.45) is 1.61. The molecule has 0 spiro atoms. The first-order valence-electron chi connectivity index (χ1n) is 10.9. The van der Waals surface area contributed by atoms with Crippen molar-refractivity contribution < 1.29 is 21.6 Å². The number of benzene rings is 2. The maximum Gasteiger partial charge on any atom is 0.243 e. The van der Waals surface area contributed by atoms with Crippen molar-refractivity contribution in [3.05, 3.63) is 53.6 Å². The molecular weight excluding hydrogens is 462 g/mol. The van der Waals surface area contributed by atoms with Gasteiger partial charge in [-0.3, -0.25) is 9.10 Å². The Kier molecular flexibility index (Phi) is 9.04. The van der Waals surface area contributed by atoms with Crippen LogP contribution < -0.4 is 9.62 Å². The monoisotopic (exact) mass is 495 g/mol. The largest absolute Gasteiger partial charge is 0.326 e. The Hall–Kier alpha value is -2.43. The third-order valence-electron chi connectivity index (χ3n) is 5.49. The molecule has 0 aliphatic rings. The number of carbonyl (C=O) groups is 1. The van der Waals surface area contributed by atoms with Crippen LogP contribution in [0.1, 0.15) is 37.8 Å². The van der Waals surface area contributed by atoms with E-state index in [9.17, 15) is 21.6 Å². The number of rotatable bonds is 11. The van der Waals surface area contributed by atoms with Gasteiger partial charge in [0.25, 0.3) is 0 Å². The van der Waals surface area contributed by atoms with E-state index in [0.29, 0.717) is 30.9 Å². The van der Waals surface area contributed by atoms with Crippen LogP contribution in [0.5, 0.6) is 0 Å². The molecule has 0 unspecified atom stereocenters. The number of nitrogens with one attached hydrogen (secondary N) is 1. The van der Waals surface area contributed by atoms with Crippen molar-refractivity contribution in [2.45, 2.75) is 45.4 Å². The number of sulfonamides is 2. The molecule has 0 aliphatic carbocycles. The molecule has 1 N–H and O–H groups in total. The lowest BCUT2D eigenvalue weighted by Crippen LogP contribution is -2.32. The third kappa shape index (κ3) is 6.78. The normalized spacial score (nSPS) is 12.1. The van der Waals surface area contributed by atoms with Crippen LogP contribution in [0.4, 0.5) is 11.4 Å². The van der Waals surface area contributed by atoms with E-state index in [1.165, 1.54) is 20.7 Å². The predicted molar refractivity (Wildman–Crippen MR) is 133 cm³/mol. The Labute approximate surface area is 197 Å². The first kappa shape index (κ1) is 26.8. The van der Waals surface area contributed by atoms with Gasteiger partial charge >= 0.3 is 0 Å². The van der Waals surface area contributed by atoms with Gasteiger partial charge in [0.2, 0.25) is 26.0 Å². The van der Waals surface area contributed by atoms with Gasteiger partial charge in [0.05, 0.1) is 16.8 Å². The van der Waals surface area contributed by atoms with E-state index in [1.807, 2.05) is 26.0 Å². The highest BCUT2D eigenvalue weighted by Gasteiger charge is 2.22. The Morgan fingerprint density at radius 2 is 1.55 bits per heavy atom. The van der Waals surface area contributed by atoms with Crippen molar-refractivity contribution in [2.24, 2.45) is 0 Å². The first-order chi connectivity index (χ1) is 15.4. The van der Waals surface area contributed by atoms with Crippen LogP contribution in [0.2, 0.25) is 0 Å². The molecule has 0 bridgehead atoms. The van der Waals surface area contributed by atoms with Crippen LogP contribution in [-0.4, -0.2) is 52.9 Å². The second-order valence-corrected chi connectivity index (χ2v) is 11.7. The van der Waals surface area contributed by atoms with Gasteiger partial charge in [-0.15, -0.1) is 0 Å². The van der Waals surface area contributed by atoms with E-state index < -0.39 is 20.0 Å². The maximum atomic E-state index is 12.6. The third-order valence-corrected chi connectivity index (χ3v) is 8.74. The van der Waals surface area contributed by atoms with E-state index in [4.69, 9.17) is 0 Å². The van der Waals surface area contributed by atoms with Gasteiger partial charge in [-0.1, -0.05) is 26.0 Å².